The third-order valence-electron chi connectivity index (χ3n) is 2.69. The number of aryl methyl sites for hydroxylation is 1. The van der Waals surface area contributed by atoms with E-state index in [-0.39, 0.29) is 0 Å². The highest BCUT2D eigenvalue weighted by Gasteiger charge is 2.00. The van der Waals surface area contributed by atoms with E-state index in [9.17, 15) is 0 Å². The molecule has 16 heavy (non-hydrogen) atoms. The zero-order valence-corrected chi connectivity index (χ0v) is 10.5. The molecule has 1 rings (SSSR count). The van der Waals surface area contributed by atoms with Gasteiger partial charge in [0.05, 0.1) is 6.54 Å². The van der Waals surface area contributed by atoms with Crippen LogP contribution in [-0.2, 0) is 6.42 Å². The molecule has 2 heteroatoms. The van der Waals surface area contributed by atoms with Gasteiger partial charge < -0.3 is 10.1 Å². The highest BCUT2D eigenvalue weighted by Crippen LogP contribution is 2.17. The second-order valence-electron chi connectivity index (χ2n) is 4.03. The number of benzene rings is 1. The lowest BCUT2D eigenvalue weighted by atomic mass is 10.1. The summed E-state index contributed by atoms with van der Waals surface area (Å²) in [6.45, 7) is 7.46. The summed E-state index contributed by atoms with van der Waals surface area (Å²) in [4.78, 5) is 0. The number of nitrogens with two attached hydrogens (primary N) is 1. The molecular weight excluding hydrogens is 198 g/mol. The van der Waals surface area contributed by atoms with Gasteiger partial charge in [-0.15, -0.1) is 0 Å². The summed E-state index contributed by atoms with van der Waals surface area (Å²) in [5, 5.41) is 2.33. The number of quaternary nitrogens is 1. The number of para-hydroxylation sites is 1. The molecule has 0 fully saturated rings. The van der Waals surface area contributed by atoms with Crippen molar-refractivity contribution in [3.05, 3.63) is 29.8 Å². The van der Waals surface area contributed by atoms with E-state index >= 15 is 0 Å². The quantitative estimate of drug-likeness (QED) is 0.669. The Morgan fingerprint density at radius 1 is 1.12 bits per heavy atom. The Bertz CT molecular complexity index is 286. The van der Waals surface area contributed by atoms with E-state index in [1.54, 1.807) is 0 Å². The topological polar surface area (TPSA) is 25.8 Å². The van der Waals surface area contributed by atoms with Crippen LogP contribution in [0.1, 0.15) is 32.3 Å². The number of hydrogen-bond acceptors (Lipinski definition) is 1. The summed E-state index contributed by atoms with van der Waals surface area (Å²) in [6.07, 6.45) is 3.61. The van der Waals surface area contributed by atoms with Gasteiger partial charge in [0.15, 0.2) is 0 Å². The second kappa shape index (κ2) is 8.17. The van der Waals surface area contributed by atoms with Crippen LogP contribution in [0.25, 0.3) is 0 Å². The largest absolute Gasteiger partial charge is 0.487 e. The summed E-state index contributed by atoms with van der Waals surface area (Å²) in [6, 6.07) is 8.30. The lowest BCUT2D eigenvalue weighted by Gasteiger charge is -2.09. The van der Waals surface area contributed by atoms with E-state index in [1.165, 1.54) is 24.9 Å². The van der Waals surface area contributed by atoms with E-state index < -0.39 is 0 Å². The molecule has 90 valence electrons. The molecule has 0 aliphatic heterocycles. The highest BCUT2D eigenvalue weighted by molar-refractivity contribution is 5.33. The molecule has 0 saturated heterocycles. The maximum Gasteiger partial charge on any atom is 0.137 e. The van der Waals surface area contributed by atoms with Crippen molar-refractivity contribution in [2.45, 2.75) is 33.1 Å². The summed E-state index contributed by atoms with van der Waals surface area (Å²) in [5.41, 5.74) is 1.30. The molecule has 0 aromatic heterocycles. The average Bonchev–Trinajstić information content (AvgIpc) is 2.34. The van der Waals surface area contributed by atoms with Gasteiger partial charge >= 0.3 is 0 Å². The van der Waals surface area contributed by atoms with Crippen molar-refractivity contribution in [2.75, 3.05) is 19.7 Å². The van der Waals surface area contributed by atoms with Crippen LogP contribution in [-0.4, -0.2) is 19.7 Å². The minimum atomic E-state index is 0.806. The first-order valence-electron chi connectivity index (χ1n) is 6.40. The van der Waals surface area contributed by atoms with Gasteiger partial charge in [-0.25, -0.2) is 0 Å². The van der Waals surface area contributed by atoms with Crippen LogP contribution in [0, 0.1) is 0 Å². The van der Waals surface area contributed by atoms with Crippen LogP contribution in [0.2, 0.25) is 0 Å². The lowest BCUT2D eigenvalue weighted by molar-refractivity contribution is -0.655. The van der Waals surface area contributed by atoms with E-state index in [0.717, 1.165) is 25.3 Å². The van der Waals surface area contributed by atoms with Crippen LogP contribution in [0.4, 0.5) is 0 Å². The number of hydrogen-bond donors (Lipinski definition) is 1. The van der Waals surface area contributed by atoms with Crippen molar-refractivity contribution in [1.29, 1.82) is 0 Å². The van der Waals surface area contributed by atoms with Gasteiger partial charge in [0.25, 0.3) is 0 Å². The average molecular weight is 222 g/mol. The molecule has 0 bridgehead atoms. The smallest absolute Gasteiger partial charge is 0.137 e. The Kier molecular flexibility index (Phi) is 6.66. The summed E-state index contributed by atoms with van der Waals surface area (Å²) >= 11 is 0. The third-order valence-corrected chi connectivity index (χ3v) is 2.69. The van der Waals surface area contributed by atoms with E-state index in [2.05, 4.69) is 37.4 Å². The molecule has 2 N–H and O–H groups in total. The summed E-state index contributed by atoms with van der Waals surface area (Å²) in [7, 11) is 0. The molecule has 1 aromatic carbocycles. The molecule has 0 unspecified atom stereocenters. The molecule has 0 aliphatic carbocycles. The van der Waals surface area contributed by atoms with Crippen LogP contribution in [0.3, 0.4) is 0 Å². The van der Waals surface area contributed by atoms with Crippen LogP contribution >= 0.6 is 0 Å². The molecule has 1 aromatic rings. The first-order chi connectivity index (χ1) is 7.88. The second-order valence-corrected chi connectivity index (χ2v) is 4.03. The van der Waals surface area contributed by atoms with Gasteiger partial charge in [0.1, 0.15) is 18.9 Å². The normalized spacial score (nSPS) is 10.4. The molecular formula is C14H24NO+. The maximum atomic E-state index is 5.78. The fourth-order valence-corrected chi connectivity index (χ4v) is 1.68. The fraction of sp³-hybridized carbons (Fsp3) is 0.571. The molecule has 0 aliphatic rings. The van der Waals surface area contributed by atoms with Gasteiger partial charge in [0.2, 0.25) is 0 Å². The van der Waals surface area contributed by atoms with Gasteiger partial charge in [-0.1, -0.05) is 38.5 Å². The van der Waals surface area contributed by atoms with E-state index in [0.29, 0.717) is 0 Å². The molecule has 0 saturated carbocycles. The van der Waals surface area contributed by atoms with Crippen LogP contribution in [0.5, 0.6) is 5.75 Å². The molecule has 2 nitrogen and oxygen atoms in total. The monoisotopic (exact) mass is 222 g/mol. The summed E-state index contributed by atoms with van der Waals surface area (Å²) in [5.74, 6) is 1.05. The number of unbranched alkanes of at least 4 members (excludes halogenated alkanes) is 1. The standard InChI is InChI=1S/C14H23NO/c1-3-5-10-15-11-12-16-14-9-7-6-8-13(14)4-2/h6-9,15H,3-5,10-12H2,1-2H3/p+1. The third kappa shape index (κ3) is 4.67. The summed E-state index contributed by atoms with van der Waals surface area (Å²) < 4.78 is 5.78. The Balaban J connectivity index is 2.21. The fourth-order valence-electron chi connectivity index (χ4n) is 1.68. The van der Waals surface area contributed by atoms with Crippen molar-refractivity contribution in [2.24, 2.45) is 0 Å². The van der Waals surface area contributed by atoms with E-state index in [4.69, 9.17) is 4.74 Å². The predicted octanol–water partition coefficient (Wildman–Crippen LogP) is 1.99. The van der Waals surface area contributed by atoms with Gasteiger partial charge in [-0.2, -0.15) is 0 Å². The molecule has 0 atom stereocenters. The SMILES string of the molecule is CCCC[NH2+]CCOc1ccccc1CC. The first-order valence-corrected chi connectivity index (χ1v) is 6.40. The van der Waals surface area contributed by atoms with Crippen molar-refractivity contribution in [3.63, 3.8) is 0 Å². The Morgan fingerprint density at radius 3 is 2.69 bits per heavy atom. The number of ether oxygens (including phenoxy) is 1. The molecule has 0 radical (unpaired) electrons. The van der Waals surface area contributed by atoms with Gasteiger partial charge in [-0.3, -0.25) is 0 Å². The lowest BCUT2D eigenvalue weighted by Crippen LogP contribution is -2.85. The predicted molar refractivity (Wildman–Crippen MR) is 67.9 cm³/mol. The zero-order valence-electron chi connectivity index (χ0n) is 10.5. The van der Waals surface area contributed by atoms with Crippen molar-refractivity contribution in [3.8, 4) is 5.75 Å². The Hall–Kier alpha value is -1.02. The minimum Gasteiger partial charge on any atom is -0.487 e. The van der Waals surface area contributed by atoms with Crippen molar-refractivity contribution < 1.29 is 10.1 Å². The molecule has 0 spiro atoms. The Labute approximate surface area is 99.0 Å². The van der Waals surface area contributed by atoms with Crippen molar-refractivity contribution >= 4 is 0 Å². The Morgan fingerprint density at radius 2 is 1.94 bits per heavy atom. The van der Waals surface area contributed by atoms with Gasteiger partial charge in [-0.05, 0) is 24.5 Å². The van der Waals surface area contributed by atoms with Crippen LogP contribution in [0.15, 0.2) is 24.3 Å². The zero-order chi connectivity index (χ0) is 11.6. The van der Waals surface area contributed by atoms with E-state index in [1.807, 2.05) is 6.07 Å². The first kappa shape index (κ1) is 13.0. The molecule has 0 heterocycles. The highest BCUT2D eigenvalue weighted by atomic mass is 16.5. The number of rotatable bonds is 8. The van der Waals surface area contributed by atoms with Crippen LogP contribution < -0.4 is 10.1 Å². The minimum absolute atomic E-state index is 0.806. The maximum absolute atomic E-state index is 5.78. The van der Waals surface area contributed by atoms with Gasteiger partial charge in [0, 0.05) is 0 Å². The van der Waals surface area contributed by atoms with Crippen molar-refractivity contribution in [1.82, 2.24) is 0 Å². The molecule has 0 amide bonds.